The largest absolute Gasteiger partial charge is 0.497 e. The Morgan fingerprint density at radius 3 is 2.75 bits per heavy atom. The number of aromatic nitrogens is 2. The summed E-state index contributed by atoms with van der Waals surface area (Å²) in [6.07, 6.45) is 5.45. The lowest BCUT2D eigenvalue weighted by Crippen LogP contribution is -2.39. The lowest BCUT2D eigenvalue weighted by Gasteiger charge is -2.31. The predicted molar refractivity (Wildman–Crippen MR) is 122 cm³/mol. The van der Waals surface area contributed by atoms with Crippen molar-refractivity contribution in [3.8, 4) is 5.75 Å². The van der Waals surface area contributed by atoms with Crippen molar-refractivity contribution in [2.24, 2.45) is 0 Å². The molecule has 1 atom stereocenters. The molecule has 7 heteroatoms. The molecule has 32 heavy (non-hydrogen) atoms. The summed E-state index contributed by atoms with van der Waals surface area (Å²) in [6, 6.07) is 15.3. The average molecular weight is 431 g/mol. The van der Waals surface area contributed by atoms with Crippen LogP contribution in [0.1, 0.15) is 37.3 Å². The van der Waals surface area contributed by atoms with Gasteiger partial charge in [0.1, 0.15) is 23.4 Å². The number of carbonyl (C=O) groups excluding carboxylic acids is 1. The maximum absolute atomic E-state index is 13.4. The highest BCUT2D eigenvalue weighted by atomic mass is 16.5. The lowest BCUT2D eigenvalue weighted by molar-refractivity contribution is -0.134. The number of likely N-dealkylation sites (tertiary alicyclic amines) is 1. The molecule has 3 heterocycles. The van der Waals surface area contributed by atoms with E-state index in [1.807, 2.05) is 53.4 Å². The van der Waals surface area contributed by atoms with E-state index in [1.165, 1.54) is 10.9 Å². The molecule has 164 valence electrons. The number of para-hydroxylation sites is 1. The minimum atomic E-state index is -0.338. The molecule has 0 N–H and O–H groups in total. The molecule has 7 nitrogen and oxygen atoms in total. The zero-order valence-corrected chi connectivity index (χ0v) is 18.0. The third-order valence-electron chi connectivity index (χ3n) is 6.23. The predicted octanol–water partition coefficient (Wildman–Crippen LogP) is 4.30. The first-order valence-electron chi connectivity index (χ1n) is 11.0. The zero-order valence-electron chi connectivity index (χ0n) is 18.0. The number of benzene rings is 2. The number of carbonyl (C=O) groups is 1. The quantitative estimate of drug-likeness (QED) is 0.482. The summed E-state index contributed by atoms with van der Waals surface area (Å²) in [5.74, 6) is 0.698. The average Bonchev–Trinajstić information content (AvgIpc) is 3.03. The molecular weight excluding hydrogens is 406 g/mol. The number of amides is 1. The third-order valence-corrected chi connectivity index (χ3v) is 6.23. The maximum atomic E-state index is 13.4. The van der Waals surface area contributed by atoms with Crippen LogP contribution in [0.25, 0.3) is 22.1 Å². The number of fused-ring (bicyclic) bond motifs is 3. The first kappa shape index (κ1) is 20.3. The molecule has 0 aliphatic carbocycles. The van der Waals surface area contributed by atoms with E-state index in [1.54, 1.807) is 7.11 Å². The molecule has 4 aromatic rings. The monoisotopic (exact) mass is 431 g/mol. The van der Waals surface area contributed by atoms with Crippen LogP contribution in [-0.2, 0) is 11.3 Å². The highest BCUT2D eigenvalue weighted by Gasteiger charge is 2.27. The molecule has 1 fully saturated rings. The molecule has 2 aromatic carbocycles. The zero-order chi connectivity index (χ0) is 22.1. The van der Waals surface area contributed by atoms with Gasteiger partial charge in [-0.25, -0.2) is 4.98 Å². The Morgan fingerprint density at radius 1 is 1.12 bits per heavy atom. The minimum absolute atomic E-state index is 0.0190. The van der Waals surface area contributed by atoms with Crippen molar-refractivity contribution in [3.63, 3.8) is 0 Å². The van der Waals surface area contributed by atoms with Gasteiger partial charge in [-0.15, -0.1) is 0 Å². The van der Waals surface area contributed by atoms with Gasteiger partial charge in [0.15, 0.2) is 0 Å². The molecule has 1 amide bonds. The van der Waals surface area contributed by atoms with Gasteiger partial charge in [-0.2, -0.15) is 0 Å². The van der Waals surface area contributed by atoms with Crippen LogP contribution in [0.3, 0.4) is 0 Å². The van der Waals surface area contributed by atoms with Crippen LogP contribution in [-0.4, -0.2) is 34.0 Å². The summed E-state index contributed by atoms with van der Waals surface area (Å²) in [7, 11) is 1.64. The fourth-order valence-electron chi connectivity index (χ4n) is 4.54. The molecule has 0 radical (unpaired) electrons. The van der Waals surface area contributed by atoms with Gasteiger partial charge in [-0.1, -0.05) is 37.1 Å². The molecule has 5 rings (SSSR count). The highest BCUT2D eigenvalue weighted by molar-refractivity contribution is 6.01. The summed E-state index contributed by atoms with van der Waals surface area (Å²) in [5, 5.41) is 0.796. The molecule has 1 aliphatic heterocycles. The number of nitrogens with zero attached hydrogens (tertiary/aromatic N) is 3. The van der Waals surface area contributed by atoms with Crippen molar-refractivity contribution in [2.75, 3.05) is 13.7 Å². The second-order valence-corrected chi connectivity index (χ2v) is 8.18. The summed E-state index contributed by atoms with van der Waals surface area (Å²) >= 11 is 0. The van der Waals surface area contributed by atoms with Crippen LogP contribution >= 0.6 is 0 Å². The summed E-state index contributed by atoms with van der Waals surface area (Å²) in [5.41, 5.74) is 2.07. The van der Waals surface area contributed by atoms with Crippen molar-refractivity contribution in [3.05, 3.63) is 70.8 Å². The van der Waals surface area contributed by atoms with Crippen molar-refractivity contribution in [1.82, 2.24) is 14.5 Å². The van der Waals surface area contributed by atoms with Crippen molar-refractivity contribution >= 4 is 28.0 Å². The van der Waals surface area contributed by atoms with Gasteiger partial charge in [0.05, 0.1) is 19.5 Å². The molecule has 0 unspecified atom stereocenters. The SMILES string of the molecule is COc1ccc([C@@H]2CCCCCN2C(=O)Cn2cnc3c(oc4ccccc43)c2=O)cc1. The standard InChI is InChI=1S/C25H25N3O4/c1-31-18-12-10-17(11-13-18)20-8-3-2-6-14-28(20)22(29)15-27-16-26-23-19-7-4-5-9-21(19)32-24(23)25(27)30/h4-5,7,9-13,16,20H,2-3,6,8,14-15H2,1H3/t20-/m0/s1. The molecule has 2 aromatic heterocycles. The van der Waals surface area contributed by atoms with Gasteiger partial charge in [-0.3, -0.25) is 14.2 Å². The van der Waals surface area contributed by atoms with E-state index in [0.717, 1.165) is 42.4 Å². The van der Waals surface area contributed by atoms with Crippen LogP contribution in [0.5, 0.6) is 5.75 Å². The van der Waals surface area contributed by atoms with E-state index < -0.39 is 0 Å². The van der Waals surface area contributed by atoms with Gasteiger partial charge in [0.2, 0.25) is 11.5 Å². The van der Waals surface area contributed by atoms with Crippen LogP contribution in [0, 0.1) is 0 Å². The molecule has 0 bridgehead atoms. The van der Waals surface area contributed by atoms with Crippen molar-refractivity contribution < 1.29 is 13.9 Å². The van der Waals surface area contributed by atoms with Crippen molar-refractivity contribution in [2.45, 2.75) is 38.3 Å². The van der Waals surface area contributed by atoms with Crippen LogP contribution in [0.2, 0.25) is 0 Å². The van der Waals surface area contributed by atoms with Gasteiger partial charge < -0.3 is 14.1 Å². The van der Waals surface area contributed by atoms with E-state index in [9.17, 15) is 9.59 Å². The Morgan fingerprint density at radius 2 is 1.94 bits per heavy atom. The van der Waals surface area contributed by atoms with E-state index in [0.29, 0.717) is 17.6 Å². The van der Waals surface area contributed by atoms with Gasteiger partial charge in [0, 0.05) is 11.9 Å². The normalized spacial score (nSPS) is 16.9. The van der Waals surface area contributed by atoms with E-state index >= 15 is 0 Å². The van der Waals surface area contributed by atoms with Crippen LogP contribution in [0.15, 0.2) is 64.1 Å². The molecule has 1 saturated heterocycles. The topological polar surface area (TPSA) is 77.6 Å². The first-order chi connectivity index (χ1) is 15.7. The van der Waals surface area contributed by atoms with Gasteiger partial charge in [-0.05, 0) is 42.7 Å². The van der Waals surface area contributed by atoms with E-state index in [2.05, 4.69) is 4.98 Å². The van der Waals surface area contributed by atoms with E-state index in [-0.39, 0.29) is 29.6 Å². The number of ether oxygens (including phenoxy) is 1. The molecule has 1 aliphatic rings. The Labute approximate surface area is 185 Å². The number of methoxy groups -OCH3 is 1. The fourth-order valence-corrected chi connectivity index (χ4v) is 4.54. The second-order valence-electron chi connectivity index (χ2n) is 8.18. The van der Waals surface area contributed by atoms with Crippen LogP contribution < -0.4 is 10.3 Å². The minimum Gasteiger partial charge on any atom is -0.497 e. The number of furan rings is 1. The smallest absolute Gasteiger partial charge is 0.297 e. The lowest BCUT2D eigenvalue weighted by atomic mass is 10.0. The second kappa shape index (κ2) is 8.49. The van der Waals surface area contributed by atoms with E-state index in [4.69, 9.17) is 9.15 Å². The van der Waals surface area contributed by atoms with Gasteiger partial charge >= 0.3 is 0 Å². The molecule has 0 saturated carbocycles. The Kier molecular flexibility index (Phi) is 5.39. The maximum Gasteiger partial charge on any atom is 0.297 e. The fraction of sp³-hybridized carbons (Fsp3) is 0.320. The Balaban J connectivity index is 1.45. The van der Waals surface area contributed by atoms with Gasteiger partial charge in [0.25, 0.3) is 5.56 Å². The van der Waals surface area contributed by atoms with Crippen LogP contribution in [0.4, 0.5) is 0 Å². The Hall–Kier alpha value is -3.61. The highest BCUT2D eigenvalue weighted by Crippen LogP contribution is 2.31. The number of rotatable bonds is 4. The first-order valence-corrected chi connectivity index (χ1v) is 11.0. The summed E-state index contributed by atoms with van der Waals surface area (Å²) in [6.45, 7) is 0.607. The summed E-state index contributed by atoms with van der Waals surface area (Å²) < 4.78 is 12.4. The summed E-state index contributed by atoms with van der Waals surface area (Å²) in [4.78, 5) is 32.8. The number of hydrogen-bond acceptors (Lipinski definition) is 5. The van der Waals surface area contributed by atoms with Crippen molar-refractivity contribution in [1.29, 1.82) is 0 Å². The third kappa shape index (κ3) is 3.64. The molecular formula is C25H25N3O4. The Bertz CT molecular complexity index is 1320. The number of hydrogen-bond donors (Lipinski definition) is 0. The molecule has 0 spiro atoms.